The number of nitrogens with zero attached hydrogens (tertiary/aromatic N) is 1. The maximum absolute atomic E-state index is 13.3. The molecule has 1 fully saturated rings. The van der Waals surface area contributed by atoms with Crippen LogP contribution in [0, 0.1) is 11.8 Å². The van der Waals surface area contributed by atoms with Crippen molar-refractivity contribution in [3.8, 4) is 0 Å². The van der Waals surface area contributed by atoms with Gasteiger partial charge in [0.15, 0.2) is 11.5 Å². The standard InChI is InChI=1S/C20H26NO5P/c1-12(2)20(13(3)4,27(23,24)25)17-8-6-5-7-15(17)18(22)16-11-21-26-19(16)14-9-10-14/h5-8,11-14H,9-10H2,1-4H3,(H2,23,24,25). The van der Waals surface area contributed by atoms with E-state index in [-0.39, 0.29) is 23.5 Å². The number of benzene rings is 1. The maximum Gasteiger partial charge on any atom is 0.336 e. The zero-order chi connectivity index (χ0) is 20.0. The molecule has 1 aliphatic carbocycles. The van der Waals surface area contributed by atoms with Crippen molar-refractivity contribution in [1.29, 1.82) is 0 Å². The Bertz CT molecular complexity index is 883. The van der Waals surface area contributed by atoms with Crippen LogP contribution in [0.4, 0.5) is 0 Å². The third kappa shape index (κ3) is 3.20. The van der Waals surface area contributed by atoms with E-state index in [0.717, 1.165) is 12.8 Å². The summed E-state index contributed by atoms with van der Waals surface area (Å²) >= 11 is 0. The van der Waals surface area contributed by atoms with Gasteiger partial charge in [-0.05, 0) is 30.2 Å². The summed E-state index contributed by atoms with van der Waals surface area (Å²) in [5, 5.41) is 2.33. The molecule has 0 unspecified atom stereocenters. The fraction of sp³-hybridized carbons (Fsp3) is 0.500. The van der Waals surface area contributed by atoms with E-state index in [0.29, 0.717) is 22.5 Å². The molecule has 1 saturated carbocycles. The van der Waals surface area contributed by atoms with Crippen molar-refractivity contribution >= 4 is 13.4 Å². The minimum atomic E-state index is -4.59. The Morgan fingerprint density at radius 1 is 1.15 bits per heavy atom. The number of rotatable bonds is 7. The molecule has 1 aromatic carbocycles. The van der Waals surface area contributed by atoms with Crippen molar-refractivity contribution in [2.24, 2.45) is 11.8 Å². The second kappa shape index (κ2) is 7.01. The van der Waals surface area contributed by atoms with Crippen LogP contribution >= 0.6 is 7.60 Å². The second-order valence-electron chi connectivity index (χ2n) is 7.93. The lowest BCUT2D eigenvalue weighted by atomic mass is 9.76. The topological polar surface area (TPSA) is 101 Å². The molecule has 1 heterocycles. The van der Waals surface area contributed by atoms with E-state index >= 15 is 0 Å². The van der Waals surface area contributed by atoms with Gasteiger partial charge in [0.1, 0.15) is 5.16 Å². The summed E-state index contributed by atoms with van der Waals surface area (Å²) in [6, 6.07) is 6.73. The average Bonchev–Trinajstić information content (AvgIpc) is 3.30. The van der Waals surface area contributed by atoms with Crippen LogP contribution in [0.5, 0.6) is 0 Å². The number of hydrogen-bond donors (Lipinski definition) is 2. The van der Waals surface area contributed by atoms with Gasteiger partial charge >= 0.3 is 7.60 Å². The van der Waals surface area contributed by atoms with Gasteiger partial charge in [-0.25, -0.2) is 0 Å². The summed E-state index contributed by atoms with van der Waals surface area (Å²) in [5.41, 5.74) is 1.07. The highest BCUT2D eigenvalue weighted by Gasteiger charge is 2.54. The number of hydrogen-bond acceptors (Lipinski definition) is 4. The molecule has 6 nitrogen and oxygen atoms in total. The molecule has 0 spiro atoms. The predicted octanol–water partition coefficient (Wildman–Crippen LogP) is 4.47. The molecule has 0 radical (unpaired) electrons. The molecule has 27 heavy (non-hydrogen) atoms. The second-order valence-corrected chi connectivity index (χ2v) is 9.76. The maximum atomic E-state index is 13.3. The molecule has 0 aliphatic heterocycles. The number of ketones is 1. The van der Waals surface area contributed by atoms with E-state index in [1.165, 1.54) is 6.20 Å². The van der Waals surface area contributed by atoms with Crippen molar-refractivity contribution in [2.75, 3.05) is 0 Å². The summed E-state index contributed by atoms with van der Waals surface area (Å²) in [5.74, 6) is -0.269. The summed E-state index contributed by atoms with van der Waals surface area (Å²) in [7, 11) is -4.59. The van der Waals surface area contributed by atoms with Crippen LogP contribution in [0.1, 0.15) is 73.7 Å². The average molecular weight is 391 g/mol. The lowest BCUT2D eigenvalue weighted by Crippen LogP contribution is -2.39. The molecule has 2 aromatic rings. The molecule has 0 saturated heterocycles. The predicted molar refractivity (Wildman–Crippen MR) is 102 cm³/mol. The minimum absolute atomic E-state index is 0.209. The Kier molecular flexibility index (Phi) is 5.19. The third-order valence-corrected chi connectivity index (χ3v) is 7.87. The van der Waals surface area contributed by atoms with E-state index in [4.69, 9.17) is 4.52 Å². The van der Waals surface area contributed by atoms with Gasteiger partial charge in [-0.3, -0.25) is 9.36 Å². The molecule has 0 bridgehead atoms. The van der Waals surface area contributed by atoms with Crippen molar-refractivity contribution < 1.29 is 23.7 Å². The summed E-state index contributed by atoms with van der Waals surface area (Å²) in [4.78, 5) is 34.1. The third-order valence-electron chi connectivity index (χ3n) is 5.64. The molecule has 2 N–H and O–H groups in total. The Balaban J connectivity index is 2.22. The molecule has 146 valence electrons. The normalized spacial score (nSPS) is 15.6. The van der Waals surface area contributed by atoms with Gasteiger partial charge in [0.25, 0.3) is 0 Å². The summed E-state index contributed by atoms with van der Waals surface area (Å²) in [6.45, 7) is 7.15. The van der Waals surface area contributed by atoms with E-state index in [2.05, 4.69) is 5.16 Å². The van der Waals surface area contributed by atoms with Gasteiger partial charge in [-0.2, -0.15) is 0 Å². The highest BCUT2D eigenvalue weighted by Crippen LogP contribution is 2.65. The van der Waals surface area contributed by atoms with E-state index in [1.54, 1.807) is 52.0 Å². The quantitative estimate of drug-likeness (QED) is 0.534. The summed E-state index contributed by atoms with van der Waals surface area (Å²) < 4.78 is 18.0. The molecule has 1 aromatic heterocycles. The molecular formula is C20H26NO5P. The molecular weight excluding hydrogens is 365 g/mol. The van der Waals surface area contributed by atoms with Gasteiger partial charge in [0.2, 0.25) is 0 Å². The molecule has 0 atom stereocenters. The van der Waals surface area contributed by atoms with Crippen LogP contribution < -0.4 is 0 Å². The first-order valence-electron chi connectivity index (χ1n) is 9.26. The molecule has 0 amide bonds. The zero-order valence-electron chi connectivity index (χ0n) is 16.0. The molecule has 7 heteroatoms. The van der Waals surface area contributed by atoms with Gasteiger partial charge in [-0.15, -0.1) is 0 Å². The van der Waals surface area contributed by atoms with E-state index < -0.39 is 12.8 Å². The number of carbonyl (C=O) groups excluding carboxylic acids is 1. The van der Waals surface area contributed by atoms with Gasteiger partial charge in [0.05, 0.1) is 11.8 Å². The first kappa shape index (κ1) is 20.0. The monoisotopic (exact) mass is 391 g/mol. The van der Waals surface area contributed by atoms with Crippen molar-refractivity contribution in [2.45, 2.75) is 51.6 Å². The Morgan fingerprint density at radius 3 is 2.26 bits per heavy atom. The SMILES string of the molecule is CC(C)C(c1ccccc1C(=O)c1cnoc1C1CC1)(C(C)C)P(=O)(O)O. The zero-order valence-corrected chi connectivity index (χ0v) is 16.9. The van der Waals surface area contributed by atoms with Gasteiger partial charge in [-0.1, -0.05) is 57.1 Å². The van der Waals surface area contributed by atoms with E-state index in [1.807, 2.05) is 0 Å². The Morgan fingerprint density at radius 2 is 1.74 bits per heavy atom. The number of aromatic nitrogens is 1. The molecule has 1 aliphatic rings. The molecule has 3 rings (SSSR count). The Hall–Kier alpha value is -1.75. The lowest BCUT2D eigenvalue weighted by Gasteiger charge is -2.42. The highest BCUT2D eigenvalue weighted by atomic mass is 31.2. The largest absolute Gasteiger partial charge is 0.360 e. The highest BCUT2D eigenvalue weighted by molar-refractivity contribution is 7.53. The van der Waals surface area contributed by atoms with Crippen LogP contribution in [0.2, 0.25) is 0 Å². The van der Waals surface area contributed by atoms with Crippen LogP contribution in [0.15, 0.2) is 35.0 Å². The van der Waals surface area contributed by atoms with Crippen molar-refractivity contribution in [3.63, 3.8) is 0 Å². The van der Waals surface area contributed by atoms with Crippen LogP contribution in [-0.4, -0.2) is 20.7 Å². The minimum Gasteiger partial charge on any atom is -0.360 e. The van der Waals surface area contributed by atoms with Gasteiger partial charge < -0.3 is 14.3 Å². The van der Waals surface area contributed by atoms with Crippen LogP contribution in [0.25, 0.3) is 0 Å². The Labute approximate surface area is 159 Å². The summed E-state index contributed by atoms with van der Waals surface area (Å²) in [6.07, 6.45) is 3.33. The first-order chi connectivity index (χ1) is 12.6. The van der Waals surface area contributed by atoms with Crippen LogP contribution in [0.3, 0.4) is 0 Å². The van der Waals surface area contributed by atoms with E-state index in [9.17, 15) is 19.1 Å². The van der Waals surface area contributed by atoms with Crippen molar-refractivity contribution in [1.82, 2.24) is 5.16 Å². The first-order valence-corrected chi connectivity index (χ1v) is 10.9. The van der Waals surface area contributed by atoms with Crippen LogP contribution in [-0.2, 0) is 9.72 Å². The number of carbonyl (C=O) groups is 1. The smallest absolute Gasteiger partial charge is 0.336 e. The lowest BCUT2D eigenvalue weighted by molar-refractivity contribution is 0.103. The van der Waals surface area contributed by atoms with Gasteiger partial charge in [0, 0.05) is 11.5 Å². The fourth-order valence-electron chi connectivity index (χ4n) is 4.35. The fourth-order valence-corrected chi connectivity index (χ4v) is 6.21. The van der Waals surface area contributed by atoms with Crippen molar-refractivity contribution in [3.05, 3.63) is 52.9 Å².